The molecule has 1 aromatic carbocycles. The third kappa shape index (κ3) is 3.45. The number of phenolic OH excluding ortho intramolecular Hbond substituents is 1. The summed E-state index contributed by atoms with van der Waals surface area (Å²) in [4.78, 5) is 35.3. The fourth-order valence-electron chi connectivity index (χ4n) is 3.38. The van der Waals surface area contributed by atoms with E-state index in [4.69, 9.17) is 0 Å². The minimum Gasteiger partial charge on any atom is -0.508 e. The summed E-state index contributed by atoms with van der Waals surface area (Å²) in [6.45, 7) is 0.101. The number of carbonyl (C=O) groups is 2. The molecule has 3 heterocycles. The number of pyridine rings is 2. The number of carbonyl (C=O) groups excluding carboxylic acids is 2. The highest BCUT2D eigenvalue weighted by atomic mass is 16.3. The lowest BCUT2D eigenvalue weighted by Crippen LogP contribution is -2.29. The van der Waals surface area contributed by atoms with Gasteiger partial charge in [0.25, 0.3) is 11.7 Å². The Balaban J connectivity index is 1.86. The minimum atomic E-state index is -0.814. The van der Waals surface area contributed by atoms with Crippen molar-refractivity contribution in [2.75, 3.05) is 0 Å². The third-order valence-corrected chi connectivity index (χ3v) is 4.76. The molecule has 4 rings (SSSR count). The first-order valence-corrected chi connectivity index (χ1v) is 8.94. The summed E-state index contributed by atoms with van der Waals surface area (Å²) < 4.78 is 0. The predicted octanol–water partition coefficient (Wildman–Crippen LogP) is 2.80. The van der Waals surface area contributed by atoms with Gasteiger partial charge in [0, 0.05) is 24.2 Å². The Morgan fingerprint density at radius 1 is 0.966 bits per heavy atom. The zero-order valence-corrected chi connectivity index (χ0v) is 15.3. The quantitative estimate of drug-likeness (QED) is 0.405. The van der Waals surface area contributed by atoms with Gasteiger partial charge in [-0.3, -0.25) is 19.6 Å². The van der Waals surface area contributed by atoms with Crippen molar-refractivity contribution in [3.63, 3.8) is 0 Å². The number of Topliss-reactive ketones (excluding diaryl/α,β-unsaturated/α-hetero) is 1. The molecular weight excluding hydrogens is 370 g/mol. The van der Waals surface area contributed by atoms with E-state index < -0.39 is 17.7 Å². The first-order valence-electron chi connectivity index (χ1n) is 8.94. The van der Waals surface area contributed by atoms with Gasteiger partial charge in [-0.05, 0) is 42.0 Å². The zero-order chi connectivity index (χ0) is 20.4. The number of hydrogen-bond donors (Lipinski definition) is 2. The van der Waals surface area contributed by atoms with E-state index in [0.717, 1.165) is 0 Å². The van der Waals surface area contributed by atoms with Crippen molar-refractivity contribution in [3.05, 3.63) is 95.6 Å². The molecule has 1 fully saturated rings. The van der Waals surface area contributed by atoms with Gasteiger partial charge in [-0.25, -0.2) is 0 Å². The summed E-state index contributed by atoms with van der Waals surface area (Å²) >= 11 is 0. The lowest BCUT2D eigenvalue weighted by atomic mass is 9.95. The average Bonchev–Trinajstić information content (AvgIpc) is 3.00. The molecule has 7 nitrogen and oxygen atoms in total. The van der Waals surface area contributed by atoms with Gasteiger partial charge >= 0.3 is 0 Å². The molecule has 1 atom stereocenters. The van der Waals surface area contributed by atoms with E-state index in [-0.39, 0.29) is 23.6 Å². The van der Waals surface area contributed by atoms with Crippen LogP contribution in [0.25, 0.3) is 5.76 Å². The first kappa shape index (κ1) is 18.4. The molecule has 0 spiro atoms. The number of likely N-dealkylation sites (tertiary alicyclic amines) is 1. The van der Waals surface area contributed by atoms with E-state index in [0.29, 0.717) is 16.8 Å². The first-order chi connectivity index (χ1) is 14.1. The molecule has 0 saturated carbocycles. The summed E-state index contributed by atoms with van der Waals surface area (Å²) in [5.41, 5.74) is 1.58. The molecule has 0 bridgehead atoms. The van der Waals surface area contributed by atoms with Crippen LogP contribution in [0.2, 0.25) is 0 Å². The molecular formula is C22H17N3O4. The largest absolute Gasteiger partial charge is 0.508 e. The molecule has 0 radical (unpaired) electrons. The molecule has 1 aliphatic rings. The molecule has 144 valence electrons. The second-order valence-electron chi connectivity index (χ2n) is 6.58. The summed E-state index contributed by atoms with van der Waals surface area (Å²) in [5.74, 6) is -1.70. The van der Waals surface area contributed by atoms with Crippen molar-refractivity contribution in [3.8, 4) is 5.75 Å². The number of amides is 1. The van der Waals surface area contributed by atoms with Crippen molar-refractivity contribution in [1.82, 2.24) is 14.9 Å². The molecule has 2 aromatic heterocycles. The zero-order valence-electron chi connectivity index (χ0n) is 15.3. The Morgan fingerprint density at radius 3 is 2.34 bits per heavy atom. The maximum absolute atomic E-state index is 12.9. The lowest BCUT2D eigenvalue weighted by Gasteiger charge is -2.25. The highest BCUT2D eigenvalue weighted by Gasteiger charge is 2.46. The molecule has 1 aliphatic heterocycles. The van der Waals surface area contributed by atoms with E-state index >= 15 is 0 Å². The van der Waals surface area contributed by atoms with Crippen LogP contribution in [0.3, 0.4) is 0 Å². The summed E-state index contributed by atoms with van der Waals surface area (Å²) in [5, 5.41) is 20.5. The minimum absolute atomic E-state index is 0.0113. The Hall–Kier alpha value is -4.00. The maximum atomic E-state index is 12.9. The molecule has 1 amide bonds. The second-order valence-corrected chi connectivity index (χ2v) is 6.58. The number of nitrogens with zero attached hydrogens (tertiary/aromatic N) is 3. The molecule has 1 unspecified atom stereocenters. The Morgan fingerprint density at radius 2 is 1.69 bits per heavy atom. The van der Waals surface area contributed by atoms with Crippen molar-refractivity contribution < 1.29 is 19.8 Å². The van der Waals surface area contributed by atoms with Gasteiger partial charge < -0.3 is 15.1 Å². The topological polar surface area (TPSA) is 104 Å². The van der Waals surface area contributed by atoms with E-state index in [1.807, 2.05) is 0 Å². The number of aliphatic hydroxyl groups excluding tert-OH is 1. The van der Waals surface area contributed by atoms with Gasteiger partial charge in [0.2, 0.25) is 0 Å². The number of rotatable bonds is 4. The van der Waals surface area contributed by atoms with Crippen molar-refractivity contribution in [1.29, 1.82) is 0 Å². The number of aromatic nitrogens is 2. The average molecular weight is 387 g/mol. The molecule has 3 aromatic rings. The van der Waals surface area contributed by atoms with Crippen LogP contribution in [0.1, 0.15) is 22.9 Å². The summed E-state index contributed by atoms with van der Waals surface area (Å²) in [7, 11) is 0. The van der Waals surface area contributed by atoms with Gasteiger partial charge in [0.15, 0.2) is 0 Å². The van der Waals surface area contributed by atoms with E-state index in [2.05, 4.69) is 9.97 Å². The van der Waals surface area contributed by atoms with Crippen LogP contribution in [0.15, 0.2) is 78.8 Å². The Bertz CT molecular complexity index is 1080. The molecule has 1 saturated heterocycles. The smallest absolute Gasteiger partial charge is 0.296 e. The van der Waals surface area contributed by atoms with Crippen LogP contribution in [-0.2, 0) is 16.1 Å². The number of ketones is 1. The standard InChI is InChI=1S/C22H17N3O4/c26-17-6-4-14(5-7-17)19-18(20(27)15-8-11-23-12-9-15)21(28)22(29)25(19)13-16-3-1-2-10-24-16/h1-12,19,26-27H,13H2/b20-18+. The van der Waals surface area contributed by atoms with E-state index in [1.54, 1.807) is 48.7 Å². The monoisotopic (exact) mass is 387 g/mol. The van der Waals surface area contributed by atoms with Crippen molar-refractivity contribution >= 4 is 17.4 Å². The molecule has 7 heteroatoms. The van der Waals surface area contributed by atoms with Gasteiger partial charge in [-0.15, -0.1) is 0 Å². The number of benzene rings is 1. The van der Waals surface area contributed by atoms with Crippen LogP contribution >= 0.6 is 0 Å². The summed E-state index contributed by atoms with van der Waals surface area (Å²) in [6, 6.07) is 13.8. The van der Waals surface area contributed by atoms with Gasteiger partial charge in [0.1, 0.15) is 11.5 Å². The van der Waals surface area contributed by atoms with Crippen LogP contribution in [-0.4, -0.2) is 36.8 Å². The normalized spacial score (nSPS) is 18.2. The number of phenols is 1. The number of aliphatic hydroxyl groups is 1. The SMILES string of the molecule is O=C1C(=O)N(Cc2ccccn2)C(c2ccc(O)cc2)/C1=C(\O)c1ccncc1. The van der Waals surface area contributed by atoms with Gasteiger partial charge in [0.05, 0.1) is 23.9 Å². The molecule has 0 aliphatic carbocycles. The van der Waals surface area contributed by atoms with Crippen LogP contribution in [0, 0.1) is 0 Å². The highest BCUT2D eigenvalue weighted by Crippen LogP contribution is 2.40. The van der Waals surface area contributed by atoms with Crippen LogP contribution < -0.4 is 0 Å². The van der Waals surface area contributed by atoms with E-state index in [1.165, 1.54) is 29.4 Å². The van der Waals surface area contributed by atoms with Gasteiger partial charge in [-0.1, -0.05) is 18.2 Å². The summed E-state index contributed by atoms with van der Waals surface area (Å²) in [6.07, 6.45) is 4.60. The Kier molecular flexibility index (Phi) is 4.78. The van der Waals surface area contributed by atoms with Crippen molar-refractivity contribution in [2.24, 2.45) is 0 Å². The van der Waals surface area contributed by atoms with Gasteiger partial charge in [-0.2, -0.15) is 0 Å². The fourth-order valence-corrected chi connectivity index (χ4v) is 3.38. The van der Waals surface area contributed by atoms with E-state index in [9.17, 15) is 19.8 Å². The maximum Gasteiger partial charge on any atom is 0.296 e. The van der Waals surface area contributed by atoms with Crippen LogP contribution in [0.5, 0.6) is 5.75 Å². The highest BCUT2D eigenvalue weighted by molar-refractivity contribution is 6.46. The third-order valence-electron chi connectivity index (χ3n) is 4.76. The molecule has 2 N–H and O–H groups in total. The second kappa shape index (κ2) is 7.55. The fraction of sp³-hybridized carbons (Fsp3) is 0.0909. The predicted molar refractivity (Wildman–Crippen MR) is 104 cm³/mol. The number of hydrogen-bond acceptors (Lipinski definition) is 6. The van der Waals surface area contributed by atoms with Crippen molar-refractivity contribution in [2.45, 2.75) is 12.6 Å². The Labute approximate surface area is 166 Å². The van der Waals surface area contributed by atoms with Crippen LogP contribution in [0.4, 0.5) is 0 Å². The molecule has 29 heavy (non-hydrogen) atoms. The number of aromatic hydroxyl groups is 1. The lowest BCUT2D eigenvalue weighted by molar-refractivity contribution is -0.140.